The summed E-state index contributed by atoms with van der Waals surface area (Å²) < 4.78 is 59.2. The predicted molar refractivity (Wildman–Crippen MR) is 149 cm³/mol. The molecule has 0 aliphatic heterocycles. The SMILES string of the molecule is C/C(=N\N=C(/[S-])N(C)C)c1ccccn1.C/C(=N\N=C(/[S-])N(C)C)c1ccccn1.F[P-](F)(F)(F)(F)F.[Ga+3]. The number of aromatic nitrogens is 2. The van der Waals surface area contributed by atoms with Crippen molar-refractivity contribution in [3.05, 3.63) is 60.2 Å². The van der Waals surface area contributed by atoms with Crippen LogP contribution in [0.3, 0.4) is 0 Å². The van der Waals surface area contributed by atoms with Crippen LogP contribution in [0.1, 0.15) is 25.2 Å². The first-order chi connectivity index (χ1) is 16.7. The predicted octanol–water partition coefficient (Wildman–Crippen LogP) is 5.54. The number of amidine groups is 2. The first-order valence-corrected chi connectivity index (χ1v) is 12.8. The summed E-state index contributed by atoms with van der Waals surface area (Å²) in [6, 6.07) is 11.3. The molecule has 18 heteroatoms. The Morgan fingerprint density at radius 2 is 0.947 bits per heavy atom. The van der Waals surface area contributed by atoms with Crippen LogP contribution in [0, 0.1) is 0 Å². The van der Waals surface area contributed by atoms with Crippen molar-refractivity contribution in [1.82, 2.24) is 19.8 Å². The summed E-state index contributed by atoms with van der Waals surface area (Å²) in [7, 11) is -3.33. The largest absolute Gasteiger partial charge is 3.00 e. The molecule has 0 aliphatic rings. The zero-order chi connectivity index (χ0) is 28.9. The standard InChI is InChI=1S/2C10H14N4S.F6P.Ga/c2*1-8(9-6-4-5-7-11-9)12-13-10(15)14(2)3;1-7(2,3,4,5)6;/h2*4-7H,1-3H3,(H,13,15);;/q;;-1;+3/p-2/b2*12-8+;;. The van der Waals surface area contributed by atoms with Gasteiger partial charge in [-0.3, -0.25) is 9.97 Å². The minimum absolute atomic E-state index is 0. The molecule has 0 atom stereocenters. The minimum Gasteiger partial charge on any atom is 3.00 e. The van der Waals surface area contributed by atoms with Gasteiger partial charge >= 0.3 is 52.8 Å². The van der Waals surface area contributed by atoms with Crippen molar-refractivity contribution >= 4 is 74.6 Å². The molecule has 0 unspecified atom stereocenters. The van der Waals surface area contributed by atoms with E-state index >= 15 is 0 Å². The molecule has 0 bridgehead atoms. The van der Waals surface area contributed by atoms with Crippen molar-refractivity contribution in [2.24, 2.45) is 20.4 Å². The van der Waals surface area contributed by atoms with Crippen LogP contribution in [0.4, 0.5) is 25.2 Å². The molecule has 0 N–H and O–H groups in total. The van der Waals surface area contributed by atoms with Gasteiger partial charge in [0.15, 0.2) is 0 Å². The van der Waals surface area contributed by atoms with Crippen LogP contribution in [-0.4, -0.2) is 89.5 Å². The van der Waals surface area contributed by atoms with E-state index in [1.54, 1.807) is 22.2 Å². The van der Waals surface area contributed by atoms with E-state index in [0.717, 1.165) is 22.8 Å². The number of pyridine rings is 2. The van der Waals surface area contributed by atoms with Crippen LogP contribution < -0.4 is 0 Å². The van der Waals surface area contributed by atoms with E-state index in [1.165, 1.54) is 0 Å². The van der Waals surface area contributed by atoms with Gasteiger partial charge in [-0.05, 0) is 38.1 Å². The third kappa shape index (κ3) is 22.8. The van der Waals surface area contributed by atoms with Gasteiger partial charge in [-0.2, -0.15) is 20.4 Å². The van der Waals surface area contributed by atoms with Crippen LogP contribution in [0.25, 0.3) is 0 Å². The Morgan fingerprint density at radius 3 is 1.16 bits per heavy atom. The minimum atomic E-state index is -10.7. The first kappa shape index (κ1) is 37.8. The summed E-state index contributed by atoms with van der Waals surface area (Å²) in [6.45, 7) is 3.70. The molecule has 0 saturated carbocycles. The number of hydrogen-bond donors (Lipinski definition) is 0. The Kier molecular flexibility index (Phi) is 15.2. The molecule has 0 spiro atoms. The molecule has 0 aliphatic carbocycles. The smallest absolute Gasteiger partial charge is 3.00 e. The summed E-state index contributed by atoms with van der Waals surface area (Å²) >= 11 is 9.96. The molecule has 38 heavy (non-hydrogen) atoms. The van der Waals surface area contributed by atoms with Crippen molar-refractivity contribution < 1.29 is 25.2 Å². The van der Waals surface area contributed by atoms with Crippen LogP contribution in [-0.2, 0) is 25.3 Å². The van der Waals surface area contributed by atoms with E-state index in [2.05, 4.69) is 30.4 Å². The molecule has 2 aromatic heterocycles. The third-order valence-corrected chi connectivity index (χ3v) is 4.30. The van der Waals surface area contributed by atoms with Crippen molar-refractivity contribution in [2.75, 3.05) is 28.2 Å². The second kappa shape index (κ2) is 15.3. The van der Waals surface area contributed by atoms with Crippen molar-refractivity contribution in [1.29, 1.82) is 0 Å². The number of hydrogen-bond acceptors (Lipinski definition) is 8. The number of halogens is 6. The van der Waals surface area contributed by atoms with Crippen molar-refractivity contribution in [3.8, 4) is 0 Å². The third-order valence-electron chi connectivity index (χ3n) is 3.41. The molecule has 0 aromatic carbocycles. The summed E-state index contributed by atoms with van der Waals surface area (Å²) in [6.07, 6.45) is 3.44. The molecule has 0 radical (unpaired) electrons. The Balaban J connectivity index is 0. The van der Waals surface area contributed by atoms with Gasteiger partial charge < -0.3 is 35.1 Å². The van der Waals surface area contributed by atoms with Gasteiger partial charge in [0.2, 0.25) is 0 Å². The second-order valence-electron chi connectivity index (χ2n) is 7.31. The topological polar surface area (TPSA) is 81.7 Å². The van der Waals surface area contributed by atoms with E-state index in [4.69, 9.17) is 25.3 Å². The number of nitrogens with zero attached hydrogens (tertiary/aromatic N) is 8. The maximum absolute atomic E-state index is 10.7. The zero-order valence-electron chi connectivity index (χ0n) is 21.3. The van der Waals surface area contributed by atoms with Gasteiger partial charge in [-0.25, -0.2) is 0 Å². The molecule has 0 saturated heterocycles. The van der Waals surface area contributed by atoms with Gasteiger partial charge in [0.05, 0.1) is 22.8 Å². The van der Waals surface area contributed by atoms with Gasteiger partial charge in [0.1, 0.15) is 0 Å². The fourth-order valence-electron chi connectivity index (χ4n) is 1.67. The molecule has 0 fully saturated rings. The Morgan fingerprint density at radius 1 is 0.658 bits per heavy atom. The molecule has 8 nitrogen and oxygen atoms in total. The monoisotopic (exact) mass is 656 g/mol. The van der Waals surface area contributed by atoms with Crippen molar-refractivity contribution in [3.63, 3.8) is 0 Å². The summed E-state index contributed by atoms with van der Waals surface area (Å²) in [4.78, 5) is 11.8. The molecular weight excluding hydrogens is 631 g/mol. The quantitative estimate of drug-likeness (QED) is 0.0818. The first-order valence-electron chi connectivity index (χ1n) is 9.99. The maximum Gasteiger partial charge on any atom is 3.00 e. The summed E-state index contributed by atoms with van der Waals surface area (Å²) in [5, 5.41) is 16.7. The molecular formula is C20H26F6GaN8PS2. The fraction of sp³-hybridized carbons (Fsp3) is 0.300. The molecule has 0 amide bonds. The van der Waals surface area contributed by atoms with Crippen LogP contribution in [0.2, 0.25) is 0 Å². The van der Waals surface area contributed by atoms with Gasteiger partial charge in [0.25, 0.3) is 0 Å². The van der Waals surface area contributed by atoms with Gasteiger partial charge in [-0.15, -0.1) is 0 Å². The van der Waals surface area contributed by atoms with Crippen LogP contribution >= 0.6 is 7.81 Å². The van der Waals surface area contributed by atoms with E-state index < -0.39 is 7.81 Å². The van der Waals surface area contributed by atoms with Crippen LogP contribution in [0.5, 0.6) is 0 Å². The van der Waals surface area contributed by atoms with Gasteiger partial charge in [0, 0.05) is 50.9 Å². The van der Waals surface area contributed by atoms with E-state index in [-0.39, 0.29) is 19.8 Å². The summed E-state index contributed by atoms with van der Waals surface area (Å²) in [5.74, 6) is 0. The molecule has 208 valence electrons. The average Bonchev–Trinajstić information content (AvgIpc) is 2.79. The van der Waals surface area contributed by atoms with Crippen LogP contribution in [0.15, 0.2) is 69.2 Å². The Labute approximate surface area is 241 Å². The summed E-state index contributed by atoms with van der Waals surface area (Å²) in [5.41, 5.74) is 3.12. The normalized spacial score (nSPS) is 14.3. The fourth-order valence-corrected chi connectivity index (χ4v) is 1.75. The maximum atomic E-state index is 9.87. The molecule has 2 aromatic rings. The van der Waals surface area contributed by atoms with E-state index in [1.807, 2.05) is 78.4 Å². The molecule has 2 heterocycles. The Bertz CT molecular complexity index is 1030. The van der Waals surface area contributed by atoms with E-state index in [9.17, 15) is 25.2 Å². The van der Waals surface area contributed by atoms with Crippen molar-refractivity contribution in [2.45, 2.75) is 13.8 Å². The van der Waals surface area contributed by atoms with E-state index in [0.29, 0.717) is 10.3 Å². The zero-order valence-corrected chi connectivity index (χ0v) is 26.3. The number of rotatable bonds is 4. The Hall–Kier alpha value is -2.33. The molecule has 2 rings (SSSR count). The average molecular weight is 657 g/mol. The van der Waals surface area contributed by atoms with Gasteiger partial charge in [-0.1, -0.05) is 12.1 Å². The second-order valence-corrected chi connectivity index (χ2v) is 9.96.